The number of hydrogen-bond donors (Lipinski definition) is 6. The fourth-order valence-electron chi connectivity index (χ4n) is 5.53. The number of H-pyrrole nitrogens is 1. The topological polar surface area (TPSA) is 244 Å². The van der Waals surface area contributed by atoms with Crippen molar-refractivity contribution in [1.29, 1.82) is 0 Å². The van der Waals surface area contributed by atoms with E-state index in [1.165, 1.54) is 23.0 Å². The Bertz CT molecular complexity index is 2000. The SMILES string of the molecule is Nc1ncnc2c1[nH]c(=O)n2[C@@H]1O[C@@H]2COP(O)(=S)O[C@H]3[C@@H](O)[C@H](n4cnc5cc(Cl)c(Cl)cc54)O[C@@H]3COP(O)(=S)O[C@H]2[C@H]1O. The second-order valence-electron chi connectivity index (χ2n) is 10.4. The van der Waals surface area contributed by atoms with Crippen molar-refractivity contribution in [3.63, 3.8) is 0 Å². The molecule has 3 aliphatic rings. The number of halogens is 2. The van der Waals surface area contributed by atoms with Crippen LogP contribution >= 0.6 is 36.6 Å². The van der Waals surface area contributed by atoms with Crippen molar-refractivity contribution in [2.45, 2.75) is 49.1 Å². The van der Waals surface area contributed by atoms with Crippen LogP contribution in [0.3, 0.4) is 0 Å². The maximum atomic E-state index is 12.9. The summed E-state index contributed by atoms with van der Waals surface area (Å²) in [6, 6.07) is 3.08. The van der Waals surface area contributed by atoms with Crippen molar-refractivity contribution in [2.24, 2.45) is 0 Å². The molecule has 24 heteroatoms. The van der Waals surface area contributed by atoms with Gasteiger partial charge in [-0.15, -0.1) is 0 Å². The van der Waals surface area contributed by atoms with E-state index in [0.29, 0.717) is 11.0 Å². The number of nitrogens with one attached hydrogen (secondary N) is 1. The first-order valence-electron chi connectivity index (χ1n) is 13.2. The number of hydrogen-bond acceptors (Lipinski definition) is 15. The number of ether oxygens (including phenoxy) is 2. The molecule has 2 unspecified atom stereocenters. The molecular weight excluding hydrogens is 735 g/mol. The van der Waals surface area contributed by atoms with Crippen molar-refractivity contribution < 1.29 is 47.6 Å². The molecule has 0 bridgehead atoms. The van der Waals surface area contributed by atoms with E-state index in [1.807, 2.05) is 0 Å². The summed E-state index contributed by atoms with van der Waals surface area (Å²) in [4.78, 5) is 49.6. The number of rotatable bonds is 2. The summed E-state index contributed by atoms with van der Waals surface area (Å²) in [5.74, 6) is -0.0246. The third-order valence-electron chi connectivity index (χ3n) is 7.61. The van der Waals surface area contributed by atoms with Gasteiger partial charge in [0.05, 0.1) is 40.6 Å². The first-order valence-corrected chi connectivity index (χ1v) is 19.2. The number of benzene rings is 1. The van der Waals surface area contributed by atoms with Crippen LogP contribution in [0.15, 0.2) is 29.6 Å². The van der Waals surface area contributed by atoms with Crippen LogP contribution in [0.5, 0.6) is 0 Å². The second-order valence-corrected chi connectivity index (χ2v) is 16.8. The highest BCUT2D eigenvalue weighted by atomic mass is 35.5. The number of nitrogen functional groups attached to an aromatic ring is 1. The Kier molecular flexibility index (Phi) is 8.59. The summed E-state index contributed by atoms with van der Waals surface area (Å²) in [7, 11) is 0. The summed E-state index contributed by atoms with van der Waals surface area (Å²) in [6.45, 7) is -9.47. The number of nitrogens with zero attached hydrogens (tertiary/aromatic N) is 5. The average molecular weight is 758 g/mol. The quantitative estimate of drug-likeness (QED) is 0.155. The molecule has 7 N–H and O–H groups in total. The number of aliphatic hydroxyl groups excluding tert-OH is 2. The summed E-state index contributed by atoms with van der Waals surface area (Å²) >= 11 is 22.8. The standard InChI is InChI=1S/C22H23Cl2N7O11P2S2/c23-7-1-9-10(2-8(7)24)30(6-28-9)20-14(32)16-11(39-20)3-37-44(36,46)42-17-12(4-38-43(35,45)41-16)40-21(15(17)33)31-19-13(29-22(31)34)18(25)26-5-27-19/h1-2,5-6,11-12,14-17,20-21,32-33H,3-4H2,(H,29,34)(H,35,45)(H,36,46)(H2,25,26,27)/t11-,12-,14-,15-,16-,17-,20-,21-,43?,44?/m1/s1. The minimum absolute atomic E-state index is 0.0135. The highest BCUT2D eigenvalue weighted by Crippen LogP contribution is 2.54. The smallest absolute Gasteiger partial charge is 0.330 e. The Morgan fingerprint density at radius 2 is 1.52 bits per heavy atom. The van der Waals surface area contributed by atoms with Gasteiger partial charge in [-0.2, -0.15) is 0 Å². The zero-order valence-electron chi connectivity index (χ0n) is 22.8. The van der Waals surface area contributed by atoms with E-state index in [1.54, 1.807) is 0 Å². The van der Waals surface area contributed by atoms with Crippen LogP contribution in [0.1, 0.15) is 12.5 Å². The Labute approximate surface area is 277 Å². The molecule has 0 spiro atoms. The van der Waals surface area contributed by atoms with Crippen LogP contribution in [0, 0.1) is 0 Å². The fourth-order valence-corrected chi connectivity index (χ4v) is 8.74. The summed E-state index contributed by atoms with van der Waals surface area (Å²) < 4.78 is 37.0. The van der Waals surface area contributed by atoms with E-state index >= 15 is 0 Å². The maximum Gasteiger partial charge on any atom is 0.330 e. The lowest BCUT2D eigenvalue weighted by Crippen LogP contribution is -2.39. The molecule has 10 atom stereocenters. The molecule has 18 nitrogen and oxygen atoms in total. The monoisotopic (exact) mass is 757 g/mol. The van der Waals surface area contributed by atoms with Gasteiger partial charge >= 0.3 is 19.1 Å². The van der Waals surface area contributed by atoms with Crippen LogP contribution in [0.4, 0.5) is 5.82 Å². The molecule has 248 valence electrons. The Hall–Kier alpha value is -1.68. The molecule has 6 heterocycles. The number of fused-ring (bicyclic) bond motifs is 4. The van der Waals surface area contributed by atoms with Crippen LogP contribution in [0.25, 0.3) is 22.2 Å². The van der Waals surface area contributed by atoms with Crippen molar-refractivity contribution in [3.8, 4) is 0 Å². The fraction of sp³-hybridized carbons (Fsp3) is 0.455. The van der Waals surface area contributed by atoms with Crippen molar-refractivity contribution in [3.05, 3.63) is 45.3 Å². The van der Waals surface area contributed by atoms with Gasteiger partial charge < -0.3 is 53.8 Å². The molecule has 3 aliphatic heterocycles. The molecule has 0 amide bonds. The van der Waals surface area contributed by atoms with Gasteiger partial charge in [0, 0.05) is 0 Å². The molecule has 0 saturated carbocycles. The first kappa shape index (κ1) is 32.8. The number of imidazole rings is 2. The van der Waals surface area contributed by atoms with Crippen LogP contribution in [-0.4, -0.2) is 98.9 Å². The van der Waals surface area contributed by atoms with Gasteiger partial charge in [0.1, 0.15) is 48.5 Å². The van der Waals surface area contributed by atoms with E-state index in [0.717, 1.165) is 10.9 Å². The van der Waals surface area contributed by atoms with Gasteiger partial charge in [-0.05, 0) is 35.7 Å². The minimum Gasteiger partial charge on any atom is -0.386 e. The van der Waals surface area contributed by atoms with Crippen molar-refractivity contribution >= 4 is 88.3 Å². The summed E-state index contributed by atoms with van der Waals surface area (Å²) in [6.07, 6.45) is -8.52. The largest absolute Gasteiger partial charge is 0.386 e. The summed E-state index contributed by atoms with van der Waals surface area (Å²) in [5.41, 5.74) is 6.13. The predicted molar refractivity (Wildman–Crippen MR) is 167 cm³/mol. The third kappa shape index (κ3) is 5.83. The zero-order valence-corrected chi connectivity index (χ0v) is 27.7. The van der Waals surface area contributed by atoms with Gasteiger partial charge in [-0.25, -0.2) is 24.3 Å². The molecule has 46 heavy (non-hydrogen) atoms. The lowest BCUT2D eigenvalue weighted by molar-refractivity contribution is -0.0597. The highest BCUT2D eigenvalue weighted by molar-refractivity contribution is 8.07. The van der Waals surface area contributed by atoms with Gasteiger partial charge in [0.25, 0.3) is 0 Å². The number of aliphatic hydroxyl groups is 2. The molecule has 3 fully saturated rings. The maximum absolute atomic E-state index is 12.9. The normalized spacial score (nSPS) is 37.2. The van der Waals surface area contributed by atoms with Gasteiger partial charge in [0.15, 0.2) is 23.9 Å². The lowest BCUT2D eigenvalue weighted by Gasteiger charge is -2.30. The molecule has 4 aromatic rings. The molecule has 3 saturated heterocycles. The Balaban J connectivity index is 1.18. The van der Waals surface area contributed by atoms with E-state index in [4.69, 9.17) is 80.1 Å². The molecular formula is C22H23Cl2N7O11P2S2. The number of anilines is 1. The van der Waals surface area contributed by atoms with E-state index in [9.17, 15) is 24.8 Å². The van der Waals surface area contributed by atoms with E-state index in [-0.39, 0.29) is 27.0 Å². The highest BCUT2D eigenvalue weighted by Gasteiger charge is 2.52. The van der Waals surface area contributed by atoms with E-state index < -0.39 is 81.4 Å². The second kappa shape index (κ2) is 12.0. The first-order chi connectivity index (χ1) is 21.7. The number of aromatic nitrogens is 6. The lowest BCUT2D eigenvalue weighted by atomic mass is 10.1. The summed E-state index contributed by atoms with van der Waals surface area (Å²) in [5, 5.41) is 23.1. The van der Waals surface area contributed by atoms with Gasteiger partial charge in [0.2, 0.25) is 0 Å². The molecule has 0 aliphatic carbocycles. The molecule has 1 aromatic carbocycles. The third-order valence-corrected chi connectivity index (χ3v) is 11.5. The minimum atomic E-state index is -4.20. The zero-order chi connectivity index (χ0) is 32.7. The van der Waals surface area contributed by atoms with Crippen LogP contribution < -0.4 is 11.4 Å². The number of nitrogens with two attached hydrogens (primary N) is 1. The Morgan fingerprint density at radius 3 is 2.17 bits per heavy atom. The van der Waals surface area contributed by atoms with Gasteiger partial charge in [-0.3, -0.25) is 9.05 Å². The molecule has 3 aromatic heterocycles. The van der Waals surface area contributed by atoms with Gasteiger partial charge in [-0.1, -0.05) is 23.2 Å². The van der Waals surface area contributed by atoms with E-state index in [2.05, 4.69) is 19.9 Å². The Morgan fingerprint density at radius 1 is 0.935 bits per heavy atom. The average Bonchev–Trinajstić information content (AvgIpc) is 3.70. The van der Waals surface area contributed by atoms with Crippen molar-refractivity contribution in [1.82, 2.24) is 29.1 Å². The van der Waals surface area contributed by atoms with Crippen LogP contribution in [0.2, 0.25) is 10.0 Å². The molecule has 0 radical (unpaired) electrons. The van der Waals surface area contributed by atoms with Crippen molar-refractivity contribution in [2.75, 3.05) is 18.9 Å². The van der Waals surface area contributed by atoms with Crippen LogP contribution in [-0.2, 0) is 51.2 Å². The molecule has 7 rings (SSSR count). The predicted octanol–water partition coefficient (Wildman–Crippen LogP) is 0.826. The number of aromatic amines is 1.